The van der Waals surface area contributed by atoms with Crippen LogP contribution in [-0.4, -0.2) is 3.92 Å². The lowest BCUT2D eigenvalue weighted by Crippen LogP contribution is -2.53. The van der Waals surface area contributed by atoms with Crippen LogP contribution in [0.15, 0.2) is 0 Å². The zero-order valence-corrected chi connectivity index (χ0v) is 21.6. The van der Waals surface area contributed by atoms with Gasteiger partial charge in [-0.1, -0.05) is 76.5 Å². The minimum Gasteiger partial charge on any atom is -0.0826 e. The van der Waals surface area contributed by atoms with Gasteiger partial charge in [-0.25, -0.2) is 0 Å². The molecule has 4 fully saturated rings. The van der Waals surface area contributed by atoms with Crippen LogP contribution in [-0.2, 0) is 0 Å². The van der Waals surface area contributed by atoms with E-state index in [-0.39, 0.29) is 0 Å². The van der Waals surface area contributed by atoms with Gasteiger partial charge in [-0.2, -0.15) is 0 Å². The number of rotatable bonds is 5. The van der Waals surface area contributed by atoms with E-state index in [2.05, 4.69) is 57.2 Å². The summed E-state index contributed by atoms with van der Waals surface area (Å²) in [6.45, 7) is 12.9. The van der Waals surface area contributed by atoms with Crippen molar-refractivity contribution in [1.29, 1.82) is 0 Å². The molecule has 0 saturated heterocycles. The summed E-state index contributed by atoms with van der Waals surface area (Å²) >= 11 is 2.75. The Morgan fingerprint density at radius 1 is 0.821 bits per heavy atom. The minimum atomic E-state index is 0.669. The third kappa shape index (κ3) is 3.75. The summed E-state index contributed by atoms with van der Waals surface area (Å²) in [7, 11) is 0. The molecule has 0 bridgehead atoms. The fourth-order valence-electron chi connectivity index (χ4n) is 9.23. The fraction of sp³-hybridized carbons (Fsp3) is 1.00. The predicted molar refractivity (Wildman–Crippen MR) is 131 cm³/mol. The molecule has 1 heteroatoms. The standard InChI is InChI=1S/C27H47I/c1-18(2)7-6-8-19(3)23-11-12-24-22-10-9-20-17-21(28)13-15-26(20,4)25(22)14-16-27(23,24)5/h18-25H,6-17H2,1-5H3/t19-,20+,21+,22+,23-,24+,25+,26+,27-/m1/s1. The molecule has 4 aliphatic rings. The number of fused-ring (bicyclic) bond motifs is 5. The molecule has 0 nitrogen and oxygen atoms in total. The summed E-state index contributed by atoms with van der Waals surface area (Å²) in [5, 5.41) is 0. The molecule has 162 valence electrons. The van der Waals surface area contributed by atoms with Crippen LogP contribution in [0.1, 0.15) is 112 Å². The molecule has 4 rings (SSSR count). The van der Waals surface area contributed by atoms with E-state index in [1.165, 1.54) is 38.5 Å². The molecule has 0 N–H and O–H groups in total. The second-order valence-corrected chi connectivity index (χ2v) is 14.3. The van der Waals surface area contributed by atoms with Crippen molar-refractivity contribution in [2.24, 2.45) is 52.3 Å². The van der Waals surface area contributed by atoms with Gasteiger partial charge in [-0.05, 0) is 110 Å². The third-order valence-corrected chi connectivity index (χ3v) is 11.9. The average Bonchev–Trinajstić information content (AvgIpc) is 2.99. The third-order valence-electron chi connectivity index (χ3n) is 10.8. The summed E-state index contributed by atoms with van der Waals surface area (Å²) < 4.78 is 0.962. The lowest BCUT2D eigenvalue weighted by molar-refractivity contribution is -0.113. The van der Waals surface area contributed by atoms with E-state index >= 15 is 0 Å². The summed E-state index contributed by atoms with van der Waals surface area (Å²) in [6.07, 6.45) is 18.3. The van der Waals surface area contributed by atoms with Crippen molar-refractivity contribution in [3.63, 3.8) is 0 Å². The zero-order valence-electron chi connectivity index (χ0n) is 19.5. The number of hydrogen-bond donors (Lipinski definition) is 0. The molecule has 0 aromatic rings. The highest BCUT2D eigenvalue weighted by molar-refractivity contribution is 14.1. The summed E-state index contributed by atoms with van der Waals surface area (Å²) in [4.78, 5) is 0. The van der Waals surface area contributed by atoms with E-state index in [0.29, 0.717) is 10.8 Å². The van der Waals surface area contributed by atoms with E-state index in [0.717, 1.165) is 45.3 Å². The molecular formula is C27H47I. The van der Waals surface area contributed by atoms with Crippen molar-refractivity contribution in [3.05, 3.63) is 0 Å². The molecule has 0 spiro atoms. The summed E-state index contributed by atoms with van der Waals surface area (Å²) in [5.74, 6) is 7.07. The lowest BCUT2D eigenvalue weighted by atomic mass is 9.44. The van der Waals surface area contributed by atoms with E-state index in [1.807, 2.05) is 0 Å². The van der Waals surface area contributed by atoms with Gasteiger partial charge in [0.1, 0.15) is 0 Å². The smallest absolute Gasteiger partial charge is 0.0113 e. The molecule has 4 aliphatic carbocycles. The molecule has 0 aromatic heterocycles. The van der Waals surface area contributed by atoms with Gasteiger partial charge >= 0.3 is 0 Å². The first-order valence-corrected chi connectivity index (χ1v) is 14.1. The molecule has 0 amide bonds. The van der Waals surface area contributed by atoms with Crippen molar-refractivity contribution >= 4 is 22.6 Å². The molecule has 28 heavy (non-hydrogen) atoms. The van der Waals surface area contributed by atoms with Gasteiger partial charge in [0.05, 0.1) is 0 Å². The molecule has 0 heterocycles. The molecule has 9 atom stereocenters. The number of alkyl halides is 1. The molecule has 0 radical (unpaired) electrons. The molecule has 0 unspecified atom stereocenters. The van der Waals surface area contributed by atoms with Crippen molar-refractivity contribution < 1.29 is 0 Å². The van der Waals surface area contributed by atoms with Crippen LogP contribution in [0.4, 0.5) is 0 Å². The zero-order chi connectivity index (χ0) is 20.1. The van der Waals surface area contributed by atoms with Crippen LogP contribution in [0.25, 0.3) is 0 Å². The quantitative estimate of drug-likeness (QED) is 0.262. The van der Waals surface area contributed by atoms with Crippen molar-refractivity contribution in [3.8, 4) is 0 Å². The van der Waals surface area contributed by atoms with Crippen LogP contribution in [0.3, 0.4) is 0 Å². The average molecular weight is 499 g/mol. The van der Waals surface area contributed by atoms with Crippen LogP contribution >= 0.6 is 22.6 Å². The van der Waals surface area contributed by atoms with E-state index < -0.39 is 0 Å². The van der Waals surface area contributed by atoms with Gasteiger partial charge < -0.3 is 0 Å². The Balaban J connectivity index is 1.46. The van der Waals surface area contributed by atoms with Gasteiger partial charge in [0.2, 0.25) is 0 Å². The first-order valence-electron chi connectivity index (χ1n) is 12.9. The van der Waals surface area contributed by atoms with Crippen molar-refractivity contribution in [2.45, 2.75) is 116 Å². The van der Waals surface area contributed by atoms with E-state index in [9.17, 15) is 0 Å². The maximum absolute atomic E-state index is 2.75. The van der Waals surface area contributed by atoms with Crippen LogP contribution in [0.5, 0.6) is 0 Å². The highest BCUT2D eigenvalue weighted by atomic mass is 127. The SMILES string of the molecule is CC(C)CCC[C@@H](C)[C@H]1CC[C@H]2[C@@H]3CC[C@H]4C[C@@H](I)CC[C@]4(C)[C@H]3CC[C@]12C. The Labute approximate surface area is 189 Å². The maximum atomic E-state index is 2.75. The number of halogens is 1. The predicted octanol–water partition coefficient (Wildman–Crippen LogP) is 8.91. The van der Waals surface area contributed by atoms with Gasteiger partial charge in [0.15, 0.2) is 0 Å². The first kappa shape index (κ1) is 21.9. The largest absolute Gasteiger partial charge is 0.0826 e. The first-order chi connectivity index (χ1) is 13.3. The Hall–Kier alpha value is 0.730. The van der Waals surface area contributed by atoms with Gasteiger partial charge in [0.25, 0.3) is 0 Å². The Kier molecular flexibility index (Phi) is 6.54. The second kappa shape index (κ2) is 8.34. The van der Waals surface area contributed by atoms with E-state index in [4.69, 9.17) is 0 Å². The van der Waals surface area contributed by atoms with Crippen LogP contribution < -0.4 is 0 Å². The Morgan fingerprint density at radius 3 is 2.29 bits per heavy atom. The van der Waals surface area contributed by atoms with Gasteiger partial charge in [-0.3, -0.25) is 0 Å². The Bertz CT molecular complexity index is 540. The fourth-order valence-corrected chi connectivity index (χ4v) is 10.2. The van der Waals surface area contributed by atoms with E-state index in [1.54, 1.807) is 38.5 Å². The molecule has 4 saturated carbocycles. The normalized spacial score (nSPS) is 49.4. The van der Waals surface area contributed by atoms with Crippen LogP contribution in [0.2, 0.25) is 0 Å². The maximum Gasteiger partial charge on any atom is 0.0113 e. The van der Waals surface area contributed by atoms with Crippen molar-refractivity contribution in [2.75, 3.05) is 0 Å². The summed E-state index contributed by atoms with van der Waals surface area (Å²) in [5.41, 5.74) is 1.36. The van der Waals surface area contributed by atoms with Crippen molar-refractivity contribution in [1.82, 2.24) is 0 Å². The molecule has 0 aliphatic heterocycles. The van der Waals surface area contributed by atoms with Gasteiger partial charge in [0, 0.05) is 3.92 Å². The van der Waals surface area contributed by atoms with Gasteiger partial charge in [-0.15, -0.1) is 0 Å². The lowest BCUT2D eigenvalue weighted by Gasteiger charge is -2.61. The minimum absolute atomic E-state index is 0.669. The highest BCUT2D eigenvalue weighted by Gasteiger charge is 2.60. The van der Waals surface area contributed by atoms with Crippen LogP contribution in [0, 0.1) is 52.3 Å². The summed E-state index contributed by atoms with van der Waals surface area (Å²) in [6, 6.07) is 0. The Morgan fingerprint density at radius 2 is 1.54 bits per heavy atom. The number of hydrogen-bond acceptors (Lipinski definition) is 0. The topological polar surface area (TPSA) is 0 Å². The molecular weight excluding hydrogens is 451 g/mol. The molecule has 0 aromatic carbocycles. The monoisotopic (exact) mass is 498 g/mol. The second-order valence-electron chi connectivity index (χ2n) is 12.6. The highest BCUT2D eigenvalue weighted by Crippen LogP contribution is 2.68.